The van der Waals surface area contributed by atoms with Crippen LogP contribution in [0.15, 0.2) is 23.6 Å². The molecule has 0 saturated heterocycles. The zero-order valence-electron chi connectivity index (χ0n) is 12.7. The number of thiophene rings is 1. The molecule has 0 spiro atoms. The Morgan fingerprint density at radius 2 is 2.36 bits per heavy atom. The molecule has 2 fully saturated rings. The van der Waals surface area contributed by atoms with Crippen LogP contribution in [0.1, 0.15) is 43.1 Å². The molecule has 0 aliphatic heterocycles. The maximum atomic E-state index is 12.4. The summed E-state index contributed by atoms with van der Waals surface area (Å²) in [5.74, 6) is 2.32. The number of nitrogens with zero attached hydrogens (tertiary/aromatic N) is 1. The van der Waals surface area contributed by atoms with Gasteiger partial charge in [-0.2, -0.15) is 5.10 Å². The lowest BCUT2D eigenvalue weighted by Gasteiger charge is -2.28. The van der Waals surface area contributed by atoms with Crippen LogP contribution in [-0.2, 0) is 0 Å². The standard InChI is InChI=1S/C17H21N3OS/c1-10(13-8-11-4-5-12(13)7-11)18-17(21)15-9-14(19-20-15)16-3-2-6-22-16/h2-3,6,9-13H,4-5,7-8H2,1H3,(H,18,21)(H,19,20). The molecule has 1 amide bonds. The van der Waals surface area contributed by atoms with E-state index in [-0.39, 0.29) is 11.9 Å². The average molecular weight is 315 g/mol. The van der Waals surface area contributed by atoms with E-state index in [1.54, 1.807) is 11.3 Å². The van der Waals surface area contributed by atoms with E-state index in [1.165, 1.54) is 25.7 Å². The van der Waals surface area contributed by atoms with Crippen molar-refractivity contribution in [3.63, 3.8) is 0 Å². The van der Waals surface area contributed by atoms with Gasteiger partial charge in [-0.3, -0.25) is 9.89 Å². The first-order valence-corrected chi connectivity index (χ1v) is 8.99. The molecule has 4 rings (SSSR count). The number of amides is 1. The minimum atomic E-state index is -0.0608. The summed E-state index contributed by atoms with van der Waals surface area (Å²) in [5.41, 5.74) is 1.39. The summed E-state index contributed by atoms with van der Waals surface area (Å²) < 4.78 is 0. The Labute approximate surface area is 134 Å². The SMILES string of the molecule is CC(NC(=O)c1cc(-c2cccs2)[nH]n1)C1CC2CCC1C2. The highest BCUT2D eigenvalue weighted by molar-refractivity contribution is 7.13. The number of fused-ring (bicyclic) bond motifs is 2. The molecule has 22 heavy (non-hydrogen) atoms. The molecular weight excluding hydrogens is 294 g/mol. The molecule has 5 heteroatoms. The highest BCUT2D eigenvalue weighted by Gasteiger charge is 2.42. The molecule has 2 bridgehead atoms. The Bertz CT molecular complexity index is 663. The van der Waals surface area contributed by atoms with Crippen LogP contribution in [0.4, 0.5) is 0 Å². The van der Waals surface area contributed by atoms with Crippen molar-refractivity contribution < 1.29 is 4.79 Å². The normalized spacial score (nSPS) is 28.0. The summed E-state index contributed by atoms with van der Waals surface area (Å²) in [6.07, 6.45) is 5.40. The van der Waals surface area contributed by atoms with Crippen molar-refractivity contribution >= 4 is 17.2 Å². The fourth-order valence-corrected chi connectivity index (χ4v) is 4.98. The Kier molecular flexibility index (Phi) is 3.53. The molecule has 2 saturated carbocycles. The van der Waals surface area contributed by atoms with Gasteiger partial charge in [-0.15, -0.1) is 11.3 Å². The number of aromatic amines is 1. The van der Waals surface area contributed by atoms with Gasteiger partial charge in [0.25, 0.3) is 5.91 Å². The van der Waals surface area contributed by atoms with Crippen LogP contribution in [-0.4, -0.2) is 22.1 Å². The third-order valence-corrected chi connectivity index (χ3v) is 6.29. The van der Waals surface area contributed by atoms with Gasteiger partial charge in [-0.1, -0.05) is 12.5 Å². The van der Waals surface area contributed by atoms with Crippen LogP contribution in [0.25, 0.3) is 10.6 Å². The molecule has 4 nitrogen and oxygen atoms in total. The Balaban J connectivity index is 1.42. The summed E-state index contributed by atoms with van der Waals surface area (Å²) in [6.45, 7) is 2.15. The largest absolute Gasteiger partial charge is 0.348 e. The molecular formula is C17H21N3OS. The second kappa shape index (κ2) is 5.54. The van der Waals surface area contributed by atoms with Gasteiger partial charge in [0.2, 0.25) is 0 Å². The third-order valence-electron chi connectivity index (χ3n) is 5.39. The molecule has 4 unspecified atom stereocenters. The summed E-state index contributed by atoms with van der Waals surface area (Å²) >= 11 is 1.64. The minimum absolute atomic E-state index is 0.0608. The molecule has 0 radical (unpaired) electrons. The molecule has 2 aromatic heterocycles. The van der Waals surface area contributed by atoms with Crippen LogP contribution in [0.2, 0.25) is 0 Å². The summed E-state index contributed by atoms with van der Waals surface area (Å²) in [5, 5.41) is 12.3. The third kappa shape index (κ3) is 2.47. The lowest BCUT2D eigenvalue weighted by molar-refractivity contribution is 0.0910. The van der Waals surface area contributed by atoms with Gasteiger partial charge >= 0.3 is 0 Å². The highest BCUT2D eigenvalue weighted by Crippen LogP contribution is 2.49. The lowest BCUT2D eigenvalue weighted by atomic mass is 9.84. The number of hydrogen-bond acceptors (Lipinski definition) is 3. The number of rotatable bonds is 4. The minimum Gasteiger partial charge on any atom is -0.348 e. The topological polar surface area (TPSA) is 57.8 Å². The summed E-state index contributed by atoms with van der Waals surface area (Å²) in [4.78, 5) is 13.5. The monoisotopic (exact) mass is 315 g/mol. The number of carbonyl (C=O) groups is 1. The number of H-pyrrole nitrogens is 1. The zero-order valence-corrected chi connectivity index (χ0v) is 13.5. The second-order valence-corrected chi connectivity index (χ2v) is 7.69. The van der Waals surface area contributed by atoms with Crippen molar-refractivity contribution in [2.75, 3.05) is 0 Å². The van der Waals surface area contributed by atoms with Crippen molar-refractivity contribution in [1.82, 2.24) is 15.5 Å². The van der Waals surface area contributed by atoms with Crippen LogP contribution >= 0.6 is 11.3 Å². The van der Waals surface area contributed by atoms with E-state index in [0.29, 0.717) is 11.6 Å². The number of aromatic nitrogens is 2. The zero-order chi connectivity index (χ0) is 15.1. The van der Waals surface area contributed by atoms with Crippen molar-refractivity contribution in [2.45, 2.75) is 38.6 Å². The molecule has 2 aromatic rings. The van der Waals surface area contributed by atoms with Gasteiger partial charge in [0, 0.05) is 6.04 Å². The van der Waals surface area contributed by atoms with Crippen LogP contribution in [0.3, 0.4) is 0 Å². The van der Waals surface area contributed by atoms with Crippen molar-refractivity contribution in [3.8, 4) is 10.6 Å². The van der Waals surface area contributed by atoms with E-state index < -0.39 is 0 Å². The van der Waals surface area contributed by atoms with Gasteiger partial charge in [0.05, 0.1) is 10.6 Å². The molecule has 2 aliphatic rings. The molecule has 2 aliphatic carbocycles. The van der Waals surface area contributed by atoms with Crippen molar-refractivity contribution in [3.05, 3.63) is 29.3 Å². The first kappa shape index (κ1) is 14.0. The van der Waals surface area contributed by atoms with Gasteiger partial charge in [0.15, 0.2) is 5.69 Å². The van der Waals surface area contributed by atoms with Crippen LogP contribution in [0.5, 0.6) is 0 Å². The molecule has 2 N–H and O–H groups in total. The van der Waals surface area contributed by atoms with E-state index in [0.717, 1.165) is 22.4 Å². The Hall–Kier alpha value is -1.62. The van der Waals surface area contributed by atoms with Gasteiger partial charge in [0.1, 0.15) is 0 Å². The molecule has 2 heterocycles. The quantitative estimate of drug-likeness (QED) is 0.904. The van der Waals surface area contributed by atoms with E-state index in [4.69, 9.17) is 0 Å². The second-order valence-electron chi connectivity index (χ2n) is 6.75. The lowest BCUT2D eigenvalue weighted by Crippen LogP contribution is -2.40. The van der Waals surface area contributed by atoms with E-state index >= 15 is 0 Å². The first-order valence-electron chi connectivity index (χ1n) is 8.11. The molecule has 116 valence electrons. The average Bonchev–Trinajstić information content (AvgIpc) is 3.29. The Morgan fingerprint density at radius 1 is 1.45 bits per heavy atom. The maximum absolute atomic E-state index is 12.4. The number of hydrogen-bond donors (Lipinski definition) is 2. The number of carbonyl (C=O) groups excluding carboxylic acids is 1. The van der Waals surface area contributed by atoms with E-state index in [1.807, 2.05) is 23.6 Å². The van der Waals surface area contributed by atoms with Crippen LogP contribution in [0, 0.1) is 17.8 Å². The molecule has 4 atom stereocenters. The predicted molar refractivity (Wildman–Crippen MR) is 87.8 cm³/mol. The van der Waals surface area contributed by atoms with Gasteiger partial charge in [-0.25, -0.2) is 0 Å². The summed E-state index contributed by atoms with van der Waals surface area (Å²) in [6, 6.07) is 6.11. The van der Waals surface area contributed by atoms with Gasteiger partial charge in [-0.05, 0) is 61.5 Å². The fraction of sp³-hybridized carbons (Fsp3) is 0.529. The van der Waals surface area contributed by atoms with Crippen molar-refractivity contribution in [1.29, 1.82) is 0 Å². The first-order chi connectivity index (χ1) is 10.7. The highest BCUT2D eigenvalue weighted by atomic mass is 32.1. The molecule has 0 aromatic carbocycles. The summed E-state index contributed by atoms with van der Waals surface area (Å²) in [7, 11) is 0. The van der Waals surface area contributed by atoms with E-state index in [2.05, 4.69) is 22.4 Å². The maximum Gasteiger partial charge on any atom is 0.272 e. The van der Waals surface area contributed by atoms with E-state index in [9.17, 15) is 4.79 Å². The predicted octanol–water partition coefficient (Wildman–Crippen LogP) is 3.69. The van der Waals surface area contributed by atoms with Crippen LogP contribution < -0.4 is 5.32 Å². The van der Waals surface area contributed by atoms with Gasteiger partial charge < -0.3 is 5.32 Å². The smallest absolute Gasteiger partial charge is 0.272 e. The fourth-order valence-electron chi connectivity index (χ4n) is 4.29. The van der Waals surface area contributed by atoms with Crippen molar-refractivity contribution in [2.24, 2.45) is 17.8 Å². The number of nitrogens with one attached hydrogen (secondary N) is 2. The Morgan fingerprint density at radius 3 is 3.05 bits per heavy atom.